The van der Waals surface area contributed by atoms with Crippen LogP contribution in [0.15, 0.2) is 24.3 Å². The first-order chi connectivity index (χ1) is 36.0. The van der Waals surface area contributed by atoms with Crippen LogP contribution in [0.3, 0.4) is 0 Å². The first-order valence-electron chi connectivity index (χ1n) is 32.8. The molecule has 0 bridgehead atoms. The fraction of sp³-hybridized carbons (Fsp3) is 0.896. The van der Waals surface area contributed by atoms with Gasteiger partial charge in [-0.15, -0.1) is 0 Å². The Labute approximate surface area is 455 Å². The van der Waals surface area contributed by atoms with E-state index < -0.39 is 6.10 Å². The number of carbonyl (C=O) groups is 3. The lowest BCUT2D eigenvalue weighted by Crippen LogP contribution is -2.30. The van der Waals surface area contributed by atoms with Gasteiger partial charge in [0.15, 0.2) is 6.10 Å². The lowest BCUT2D eigenvalue weighted by atomic mass is 10.0. The Kier molecular flexibility index (Phi) is 60.6. The van der Waals surface area contributed by atoms with Gasteiger partial charge in [0.25, 0.3) is 0 Å². The number of allylic oxidation sites excluding steroid dienone is 4. The fourth-order valence-electron chi connectivity index (χ4n) is 9.97. The maximum atomic E-state index is 12.9. The number of unbranched alkanes of at least 4 members (excludes halogenated alkanes) is 46. The highest BCUT2D eigenvalue weighted by molar-refractivity contribution is 5.71. The molecule has 0 aliphatic rings. The standard InChI is InChI=1S/C67H126O6/c1-4-7-10-13-16-18-20-22-24-26-28-30-31-32-33-34-35-37-38-40-42-44-46-48-51-54-57-60-66(69)72-63-64(62-71-65(68)59-56-53-50-15-12-9-6-3)73-67(70)61-58-55-52-49-47-45-43-41-39-36-29-27-25-23-21-19-17-14-11-8-5-2/h26-29,64H,4-25,30-63H2,1-3H3/b28-26-,29-27-. The summed E-state index contributed by atoms with van der Waals surface area (Å²) in [5.74, 6) is -0.852. The maximum Gasteiger partial charge on any atom is 0.306 e. The Hall–Kier alpha value is -2.11. The Morgan fingerprint density at radius 1 is 0.260 bits per heavy atom. The Bertz CT molecular complexity index is 1180. The normalized spacial score (nSPS) is 12.1. The van der Waals surface area contributed by atoms with E-state index in [0.29, 0.717) is 19.3 Å². The molecule has 0 aliphatic carbocycles. The van der Waals surface area contributed by atoms with Crippen molar-refractivity contribution < 1.29 is 28.6 Å². The third-order valence-electron chi connectivity index (χ3n) is 14.9. The summed E-state index contributed by atoms with van der Waals surface area (Å²) in [6.45, 7) is 6.66. The molecule has 0 aromatic carbocycles. The zero-order valence-electron chi connectivity index (χ0n) is 49.4. The van der Waals surface area contributed by atoms with Crippen LogP contribution in [0, 0.1) is 0 Å². The predicted octanol–water partition coefficient (Wildman–Crippen LogP) is 22.2. The summed E-state index contributed by atoms with van der Waals surface area (Å²) in [6.07, 6.45) is 75.1. The van der Waals surface area contributed by atoms with Crippen LogP contribution in [0.4, 0.5) is 0 Å². The van der Waals surface area contributed by atoms with Gasteiger partial charge in [-0.25, -0.2) is 0 Å². The van der Waals surface area contributed by atoms with Crippen molar-refractivity contribution in [3.8, 4) is 0 Å². The van der Waals surface area contributed by atoms with Crippen LogP contribution in [0.5, 0.6) is 0 Å². The van der Waals surface area contributed by atoms with Gasteiger partial charge in [0, 0.05) is 19.3 Å². The van der Waals surface area contributed by atoms with Gasteiger partial charge in [-0.1, -0.05) is 302 Å². The van der Waals surface area contributed by atoms with Crippen molar-refractivity contribution in [1.82, 2.24) is 0 Å². The number of rotatable bonds is 61. The fourth-order valence-corrected chi connectivity index (χ4v) is 9.97. The van der Waals surface area contributed by atoms with Crippen LogP contribution < -0.4 is 0 Å². The SMILES string of the molecule is CCCCCCCCCC/C=C\CCCCCCCCCCCCCCCCCC(=O)OCC(COC(=O)CCCCCCCCC)OC(=O)CCCCCCCCCCC/C=C\CCCCCCCCCC. The number of hydrogen-bond donors (Lipinski definition) is 0. The maximum absolute atomic E-state index is 12.9. The molecule has 0 fully saturated rings. The number of ether oxygens (including phenoxy) is 3. The summed E-state index contributed by atoms with van der Waals surface area (Å²) >= 11 is 0. The molecule has 6 heteroatoms. The van der Waals surface area contributed by atoms with E-state index in [9.17, 15) is 14.4 Å². The first-order valence-corrected chi connectivity index (χ1v) is 32.8. The Morgan fingerprint density at radius 3 is 0.685 bits per heavy atom. The highest BCUT2D eigenvalue weighted by Crippen LogP contribution is 2.18. The van der Waals surface area contributed by atoms with E-state index >= 15 is 0 Å². The van der Waals surface area contributed by atoms with E-state index in [1.165, 1.54) is 270 Å². The summed E-state index contributed by atoms with van der Waals surface area (Å²) < 4.78 is 16.9. The van der Waals surface area contributed by atoms with Gasteiger partial charge >= 0.3 is 17.9 Å². The highest BCUT2D eigenvalue weighted by atomic mass is 16.6. The van der Waals surface area contributed by atoms with Gasteiger partial charge in [0.1, 0.15) is 13.2 Å². The summed E-state index contributed by atoms with van der Waals surface area (Å²) in [6, 6.07) is 0. The smallest absolute Gasteiger partial charge is 0.306 e. The average Bonchev–Trinajstić information content (AvgIpc) is 3.39. The topological polar surface area (TPSA) is 78.9 Å². The molecule has 0 N–H and O–H groups in total. The third-order valence-corrected chi connectivity index (χ3v) is 14.9. The molecular weight excluding hydrogens is 901 g/mol. The van der Waals surface area contributed by atoms with E-state index in [4.69, 9.17) is 14.2 Å². The molecule has 0 spiro atoms. The summed E-state index contributed by atoms with van der Waals surface area (Å²) in [7, 11) is 0. The molecule has 1 atom stereocenters. The van der Waals surface area contributed by atoms with Crippen molar-refractivity contribution >= 4 is 17.9 Å². The van der Waals surface area contributed by atoms with Crippen LogP contribution in [0.1, 0.15) is 367 Å². The minimum absolute atomic E-state index is 0.0673. The average molecular weight is 1030 g/mol. The molecule has 0 heterocycles. The third kappa shape index (κ3) is 60.6. The van der Waals surface area contributed by atoms with Crippen molar-refractivity contribution in [3.05, 3.63) is 24.3 Å². The molecule has 0 rings (SSSR count). The highest BCUT2D eigenvalue weighted by Gasteiger charge is 2.19. The molecular formula is C67H126O6. The van der Waals surface area contributed by atoms with Crippen LogP contribution in [-0.2, 0) is 28.6 Å². The molecule has 0 saturated carbocycles. The van der Waals surface area contributed by atoms with Gasteiger partial charge in [-0.3, -0.25) is 14.4 Å². The molecule has 0 saturated heterocycles. The molecule has 1 unspecified atom stereocenters. The lowest BCUT2D eigenvalue weighted by Gasteiger charge is -2.18. The molecule has 6 nitrogen and oxygen atoms in total. The lowest BCUT2D eigenvalue weighted by molar-refractivity contribution is -0.167. The van der Waals surface area contributed by atoms with Gasteiger partial charge in [0.2, 0.25) is 0 Å². The molecule has 0 amide bonds. The van der Waals surface area contributed by atoms with Gasteiger partial charge in [-0.2, -0.15) is 0 Å². The molecule has 0 aromatic rings. The Morgan fingerprint density at radius 2 is 0.452 bits per heavy atom. The van der Waals surface area contributed by atoms with Crippen molar-refractivity contribution in [3.63, 3.8) is 0 Å². The predicted molar refractivity (Wildman–Crippen MR) is 316 cm³/mol. The van der Waals surface area contributed by atoms with Gasteiger partial charge in [-0.05, 0) is 70.6 Å². The molecule has 430 valence electrons. The van der Waals surface area contributed by atoms with Crippen molar-refractivity contribution in [2.45, 2.75) is 374 Å². The van der Waals surface area contributed by atoms with Crippen molar-refractivity contribution in [2.24, 2.45) is 0 Å². The van der Waals surface area contributed by atoms with E-state index in [-0.39, 0.29) is 31.1 Å². The quantitative estimate of drug-likeness (QED) is 0.0261. The summed E-state index contributed by atoms with van der Waals surface area (Å²) in [5.41, 5.74) is 0. The zero-order chi connectivity index (χ0) is 52.9. The van der Waals surface area contributed by atoms with E-state index in [1.54, 1.807) is 0 Å². The largest absolute Gasteiger partial charge is 0.462 e. The molecule has 0 aliphatic heterocycles. The van der Waals surface area contributed by atoms with E-state index in [0.717, 1.165) is 57.8 Å². The van der Waals surface area contributed by atoms with E-state index in [2.05, 4.69) is 45.1 Å². The second-order valence-corrected chi connectivity index (χ2v) is 22.4. The molecule has 0 radical (unpaired) electrons. The molecule has 0 aromatic heterocycles. The number of carbonyl (C=O) groups excluding carboxylic acids is 3. The van der Waals surface area contributed by atoms with E-state index in [1.807, 2.05) is 0 Å². The second-order valence-electron chi connectivity index (χ2n) is 22.4. The van der Waals surface area contributed by atoms with Gasteiger partial charge < -0.3 is 14.2 Å². The minimum atomic E-state index is -0.767. The Balaban J connectivity index is 4.06. The first kappa shape index (κ1) is 70.9. The van der Waals surface area contributed by atoms with Crippen LogP contribution in [-0.4, -0.2) is 37.2 Å². The van der Waals surface area contributed by atoms with Crippen LogP contribution in [0.25, 0.3) is 0 Å². The van der Waals surface area contributed by atoms with Crippen LogP contribution in [0.2, 0.25) is 0 Å². The van der Waals surface area contributed by atoms with Gasteiger partial charge in [0.05, 0.1) is 0 Å². The summed E-state index contributed by atoms with van der Waals surface area (Å²) in [5, 5.41) is 0. The number of hydrogen-bond acceptors (Lipinski definition) is 6. The van der Waals surface area contributed by atoms with Crippen LogP contribution >= 0.6 is 0 Å². The van der Waals surface area contributed by atoms with Crippen molar-refractivity contribution in [1.29, 1.82) is 0 Å². The monoisotopic (exact) mass is 1030 g/mol. The second kappa shape index (κ2) is 62.4. The minimum Gasteiger partial charge on any atom is -0.462 e. The van der Waals surface area contributed by atoms with Crippen molar-refractivity contribution in [2.75, 3.05) is 13.2 Å². The summed E-state index contributed by atoms with van der Waals surface area (Å²) in [4.78, 5) is 38.1. The zero-order valence-corrected chi connectivity index (χ0v) is 49.4. The number of esters is 3. The molecule has 73 heavy (non-hydrogen) atoms.